The van der Waals surface area contributed by atoms with E-state index in [1.54, 1.807) is 15.0 Å². The maximum atomic E-state index is 15.4. The Bertz CT molecular complexity index is 2180. The van der Waals surface area contributed by atoms with Crippen molar-refractivity contribution in [2.75, 3.05) is 0 Å². The van der Waals surface area contributed by atoms with Crippen LogP contribution in [0.4, 0.5) is 105 Å². The molecule has 1 saturated carbocycles. The van der Waals surface area contributed by atoms with Crippen LogP contribution in [0.1, 0.15) is 50.9 Å². The van der Waals surface area contributed by atoms with Crippen molar-refractivity contribution in [1.82, 2.24) is 15.0 Å². The number of aromatic nitrogens is 3. The molecule has 60 heavy (non-hydrogen) atoms. The van der Waals surface area contributed by atoms with Crippen LogP contribution in [0.25, 0.3) is 16.7 Å². The minimum absolute atomic E-state index is 0.371. The quantitative estimate of drug-likeness (QED) is 0.191. The lowest BCUT2D eigenvalue weighted by Gasteiger charge is -2.16. The highest BCUT2D eigenvalue weighted by Gasteiger charge is 2.53. The van der Waals surface area contributed by atoms with Crippen molar-refractivity contribution < 1.29 is 105 Å². The van der Waals surface area contributed by atoms with Gasteiger partial charge in [0, 0.05) is 16.7 Å². The van der Waals surface area contributed by atoms with Crippen LogP contribution >= 0.6 is 0 Å². The van der Waals surface area contributed by atoms with Crippen molar-refractivity contribution in [2.24, 2.45) is 0 Å². The molecule has 0 amide bonds. The highest BCUT2D eigenvalue weighted by Crippen LogP contribution is 2.58. The molecular formula is C30F24N6. The van der Waals surface area contributed by atoms with Crippen molar-refractivity contribution in [2.45, 2.75) is 37.1 Å². The summed E-state index contributed by atoms with van der Waals surface area (Å²) >= 11 is 0. The number of pyridine rings is 3. The molecule has 3 aromatic rings. The SMILES string of the molecule is N#CC(=C1C(=C(C#N)c2c(F)c(C(F)(F)F)nc(C(F)(F)F)c2F)C1=C(C#N)c1c(F)c(C(F)(F)F)nc(C(F)(F)F)c1F)c1c(F)c(C(F)(F)F)nc(C(F)(F)F)c1F. The summed E-state index contributed by atoms with van der Waals surface area (Å²) < 4.78 is 338. The van der Waals surface area contributed by atoms with Crippen molar-refractivity contribution in [1.29, 1.82) is 15.8 Å². The number of rotatable bonds is 3. The molecule has 0 N–H and O–H groups in total. The van der Waals surface area contributed by atoms with Gasteiger partial charge >= 0.3 is 37.1 Å². The van der Waals surface area contributed by atoms with E-state index in [2.05, 4.69) is 0 Å². The van der Waals surface area contributed by atoms with Crippen LogP contribution < -0.4 is 0 Å². The van der Waals surface area contributed by atoms with Gasteiger partial charge in [-0.25, -0.2) is 41.3 Å². The third-order valence-corrected chi connectivity index (χ3v) is 7.37. The van der Waals surface area contributed by atoms with E-state index in [0.717, 1.165) is 0 Å². The summed E-state index contributed by atoms with van der Waals surface area (Å²) in [6.07, 6.45) is -38.9. The van der Waals surface area contributed by atoms with Gasteiger partial charge in [0.05, 0.1) is 33.4 Å². The maximum absolute atomic E-state index is 15.4. The van der Waals surface area contributed by atoms with Crippen molar-refractivity contribution in [3.8, 4) is 18.2 Å². The second-order valence-electron chi connectivity index (χ2n) is 11.0. The van der Waals surface area contributed by atoms with Crippen LogP contribution in [0.5, 0.6) is 0 Å². The molecule has 0 unspecified atom stereocenters. The second-order valence-corrected chi connectivity index (χ2v) is 11.0. The van der Waals surface area contributed by atoms with E-state index in [9.17, 15) is 94.8 Å². The van der Waals surface area contributed by atoms with E-state index in [1.807, 2.05) is 0 Å². The van der Waals surface area contributed by atoms with Crippen LogP contribution in [-0.4, -0.2) is 15.0 Å². The topological polar surface area (TPSA) is 110 Å². The molecule has 0 radical (unpaired) electrons. The number of allylic oxidation sites excluding steroid dienone is 6. The van der Waals surface area contributed by atoms with Gasteiger partial charge in [0.2, 0.25) is 0 Å². The highest BCUT2D eigenvalue weighted by molar-refractivity contribution is 6.12. The van der Waals surface area contributed by atoms with Gasteiger partial charge in [-0.1, -0.05) is 0 Å². The minimum Gasteiger partial charge on any atom is -0.233 e. The zero-order chi connectivity index (χ0) is 46.4. The summed E-state index contributed by atoms with van der Waals surface area (Å²) in [5, 5.41) is 29.4. The van der Waals surface area contributed by atoms with Crippen LogP contribution in [0.2, 0.25) is 0 Å². The number of nitriles is 3. The normalized spacial score (nSPS) is 13.8. The Morgan fingerprint density at radius 1 is 0.300 bits per heavy atom. The monoisotopic (exact) mass is 900 g/mol. The van der Waals surface area contributed by atoms with E-state index in [-0.39, 0.29) is 0 Å². The zero-order valence-corrected chi connectivity index (χ0v) is 26.8. The first-order valence-corrected chi connectivity index (χ1v) is 14.0. The Hall–Kier alpha value is -6.54. The number of halogens is 24. The molecule has 4 rings (SSSR count). The minimum atomic E-state index is -6.48. The number of hydrogen-bond acceptors (Lipinski definition) is 6. The van der Waals surface area contributed by atoms with Gasteiger partial charge in [-0.3, -0.25) is 0 Å². The smallest absolute Gasteiger partial charge is 0.233 e. The van der Waals surface area contributed by atoms with Crippen LogP contribution in [-0.2, 0) is 37.1 Å². The average Bonchev–Trinajstić information content (AvgIpc) is 3.76. The van der Waals surface area contributed by atoms with E-state index in [4.69, 9.17) is 0 Å². The lowest BCUT2D eigenvalue weighted by molar-refractivity contribution is -0.155. The van der Waals surface area contributed by atoms with Crippen LogP contribution in [0, 0.1) is 68.9 Å². The standard InChI is InChI=1S/C30F24N6/c31-13-10(14(32)20(26(40,41)42)58-19(13)25(37,38)39)4(1-55)7-8(5(2-56)11-15(33)21(27(43,44)45)59-22(16(11)34)28(46,47)48)9(7)6(3-57)12-17(35)23(29(49,50)51)60-24(18(12)36)30(52,53)54. The van der Waals surface area contributed by atoms with Gasteiger partial charge in [0.1, 0.15) is 18.2 Å². The number of alkyl halides is 18. The molecule has 0 bridgehead atoms. The predicted octanol–water partition coefficient (Wildman–Crippen LogP) is 11.1. The first-order valence-electron chi connectivity index (χ1n) is 14.0. The first-order chi connectivity index (χ1) is 27.0. The molecule has 6 nitrogen and oxygen atoms in total. The van der Waals surface area contributed by atoms with E-state index < -0.39 is 156 Å². The Balaban J connectivity index is 2.52. The van der Waals surface area contributed by atoms with Gasteiger partial charge in [0.25, 0.3) is 0 Å². The fourth-order valence-corrected chi connectivity index (χ4v) is 5.06. The van der Waals surface area contributed by atoms with Gasteiger partial charge < -0.3 is 0 Å². The molecular weight excluding hydrogens is 900 g/mol. The molecule has 1 fully saturated rings. The van der Waals surface area contributed by atoms with E-state index in [0.29, 0.717) is 18.2 Å². The number of nitrogens with zero attached hydrogens (tertiary/aromatic N) is 6. The molecule has 318 valence electrons. The summed E-state index contributed by atoms with van der Waals surface area (Å²) in [6, 6.07) is 1.11. The molecule has 0 saturated heterocycles. The molecule has 3 aromatic heterocycles. The third-order valence-electron chi connectivity index (χ3n) is 7.37. The number of hydrogen-bond donors (Lipinski definition) is 0. The summed E-state index contributed by atoms with van der Waals surface area (Å²) in [4.78, 5) is 5.06. The van der Waals surface area contributed by atoms with E-state index in [1.165, 1.54) is 0 Å². The van der Waals surface area contributed by atoms with Crippen molar-refractivity contribution >= 4 is 16.7 Å². The summed E-state index contributed by atoms with van der Waals surface area (Å²) in [5.41, 5.74) is -44.9. The molecule has 30 heteroatoms. The lowest BCUT2D eigenvalue weighted by atomic mass is 9.99. The Kier molecular flexibility index (Phi) is 11.0. The molecule has 3 heterocycles. The molecule has 0 atom stereocenters. The molecule has 0 spiro atoms. The van der Waals surface area contributed by atoms with Crippen LogP contribution in [0.15, 0.2) is 16.7 Å². The predicted molar refractivity (Wildman–Crippen MR) is 140 cm³/mol. The molecule has 1 aliphatic rings. The Morgan fingerprint density at radius 3 is 0.533 bits per heavy atom. The fourth-order valence-electron chi connectivity index (χ4n) is 5.06. The Labute approximate surface area is 311 Å². The van der Waals surface area contributed by atoms with Gasteiger partial charge in [-0.15, -0.1) is 0 Å². The summed E-state index contributed by atoms with van der Waals surface area (Å²) in [7, 11) is 0. The zero-order valence-electron chi connectivity index (χ0n) is 26.8. The van der Waals surface area contributed by atoms with Gasteiger partial charge in [0.15, 0.2) is 69.1 Å². The molecule has 1 aliphatic carbocycles. The Morgan fingerprint density at radius 2 is 0.433 bits per heavy atom. The fraction of sp³-hybridized carbons (Fsp3) is 0.200. The molecule has 0 aliphatic heterocycles. The van der Waals surface area contributed by atoms with E-state index >= 15 is 26.3 Å². The van der Waals surface area contributed by atoms with Crippen molar-refractivity contribution in [3.05, 3.63) is 102 Å². The highest BCUT2D eigenvalue weighted by atomic mass is 19.4. The summed E-state index contributed by atoms with van der Waals surface area (Å²) in [6.45, 7) is 0. The van der Waals surface area contributed by atoms with Crippen molar-refractivity contribution in [3.63, 3.8) is 0 Å². The average molecular weight is 900 g/mol. The van der Waals surface area contributed by atoms with Crippen LogP contribution in [0.3, 0.4) is 0 Å². The maximum Gasteiger partial charge on any atom is 0.436 e. The largest absolute Gasteiger partial charge is 0.436 e. The second kappa shape index (κ2) is 14.3. The summed E-state index contributed by atoms with van der Waals surface area (Å²) in [5.74, 6) is -20.8. The lowest BCUT2D eigenvalue weighted by Crippen LogP contribution is -2.21. The molecule has 0 aromatic carbocycles. The van der Waals surface area contributed by atoms with Gasteiger partial charge in [-0.05, 0) is 0 Å². The third kappa shape index (κ3) is 7.82. The first kappa shape index (κ1) is 46.2. The van der Waals surface area contributed by atoms with Gasteiger partial charge in [-0.2, -0.15) is 94.8 Å².